The summed E-state index contributed by atoms with van der Waals surface area (Å²) in [7, 11) is 4.79. The summed E-state index contributed by atoms with van der Waals surface area (Å²) < 4.78 is 16.0. The van der Waals surface area contributed by atoms with Crippen LogP contribution in [0.2, 0.25) is 0 Å². The first-order valence-corrected chi connectivity index (χ1v) is 6.37. The topological polar surface area (TPSA) is 69.3 Å². The van der Waals surface area contributed by atoms with Crippen LogP contribution in [0, 0.1) is 0 Å². The zero-order valence-electron chi connectivity index (χ0n) is 12.8. The molecule has 0 aliphatic carbocycles. The van der Waals surface area contributed by atoms with E-state index in [1.165, 1.54) is 0 Å². The second-order valence-corrected chi connectivity index (χ2v) is 4.39. The quantitative estimate of drug-likeness (QED) is 0.773. The van der Waals surface area contributed by atoms with Gasteiger partial charge in [-0.3, -0.25) is 4.98 Å². The first kappa shape index (κ1) is 18.9. The molecule has 23 heavy (non-hydrogen) atoms. The van der Waals surface area contributed by atoms with Crippen LogP contribution in [-0.4, -0.2) is 36.3 Å². The number of fused-ring (bicyclic) bond motifs is 1. The summed E-state index contributed by atoms with van der Waals surface area (Å²) in [5.74, 6) is 2.57. The van der Waals surface area contributed by atoms with Crippen LogP contribution in [0.15, 0.2) is 30.6 Å². The standard InChI is InChI=1S/C15H15N3O3.2ClH/c1-19-12-7-14(21-3)13(20-2)6-9(12)15-17-10-4-5-16-8-11(10)18-15;;/h4-8H,1-3H3,(H,17,18);2*1H. The van der Waals surface area contributed by atoms with Crippen LogP contribution in [0.25, 0.3) is 22.4 Å². The number of aromatic amines is 1. The third kappa shape index (κ3) is 3.43. The van der Waals surface area contributed by atoms with Gasteiger partial charge in [-0.05, 0) is 12.1 Å². The van der Waals surface area contributed by atoms with Gasteiger partial charge in [-0.2, -0.15) is 0 Å². The number of benzene rings is 1. The second-order valence-electron chi connectivity index (χ2n) is 4.39. The molecule has 8 heteroatoms. The van der Waals surface area contributed by atoms with Crippen LogP contribution in [0.5, 0.6) is 17.2 Å². The lowest BCUT2D eigenvalue weighted by atomic mass is 10.1. The van der Waals surface area contributed by atoms with Gasteiger partial charge in [0, 0.05) is 12.3 Å². The van der Waals surface area contributed by atoms with Crippen LogP contribution in [0.3, 0.4) is 0 Å². The van der Waals surface area contributed by atoms with E-state index in [0.717, 1.165) is 16.6 Å². The zero-order chi connectivity index (χ0) is 14.8. The Morgan fingerprint density at radius 1 is 0.913 bits per heavy atom. The Morgan fingerprint density at radius 2 is 1.57 bits per heavy atom. The second kappa shape index (κ2) is 7.89. The van der Waals surface area contributed by atoms with Crippen molar-refractivity contribution in [2.24, 2.45) is 0 Å². The SMILES string of the molecule is COc1cc(OC)c(-c2nc3ccncc3[nH]2)cc1OC.Cl.Cl. The number of rotatable bonds is 4. The van der Waals surface area contributed by atoms with Crippen molar-refractivity contribution >= 4 is 35.8 Å². The van der Waals surface area contributed by atoms with Crippen LogP contribution < -0.4 is 14.2 Å². The van der Waals surface area contributed by atoms with Crippen LogP contribution in [-0.2, 0) is 0 Å². The molecule has 0 radical (unpaired) electrons. The Kier molecular flexibility index (Phi) is 6.48. The number of ether oxygens (including phenoxy) is 3. The molecule has 1 aromatic carbocycles. The van der Waals surface area contributed by atoms with Gasteiger partial charge in [0.25, 0.3) is 0 Å². The normalized spacial score (nSPS) is 9.70. The molecule has 6 nitrogen and oxygen atoms in total. The zero-order valence-corrected chi connectivity index (χ0v) is 14.5. The lowest BCUT2D eigenvalue weighted by molar-refractivity contribution is 0.349. The van der Waals surface area contributed by atoms with E-state index in [0.29, 0.717) is 23.1 Å². The summed E-state index contributed by atoms with van der Waals surface area (Å²) in [6.07, 6.45) is 3.44. The molecule has 0 atom stereocenters. The third-order valence-electron chi connectivity index (χ3n) is 3.24. The van der Waals surface area contributed by atoms with E-state index in [9.17, 15) is 0 Å². The number of hydrogen-bond donors (Lipinski definition) is 1. The number of nitrogens with zero attached hydrogens (tertiary/aromatic N) is 2. The fourth-order valence-electron chi connectivity index (χ4n) is 2.20. The minimum Gasteiger partial charge on any atom is -0.496 e. The van der Waals surface area contributed by atoms with Gasteiger partial charge in [-0.1, -0.05) is 0 Å². The molecule has 0 aliphatic rings. The molecular weight excluding hydrogens is 341 g/mol. The number of aromatic nitrogens is 3. The molecule has 0 saturated carbocycles. The number of hydrogen-bond acceptors (Lipinski definition) is 5. The summed E-state index contributed by atoms with van der Waals surface area (Å²) in [5.41, 5.74) is 2.51. The minimum atomic E-state index is 0. The van der Waals surface area contributed by atoms with Gasteiger partial charge >= 0.3 is 0 Å². The summed E-state index contributed by atoms with van der Waals surface area (Å²) in [4.78, 5) is 11.9. The Bertz CT molecular complexity index is 760. The lowest BCUT2D eigenvalue weighted by Crippen LogP contribution is -1.95. The van der Waals surface area contributed by atoms with E-state index in [-0.39, 0.29) is 24.8 Å². The average Bonchev–Trinajstić information content (AvgIpc) is 2.97. The Hall–Kier alpha value is -2.18. The number of halogens is 2. The van der Waals surface area contributed by atoms with Gasteiger partial charge < -0.3 is 19.2 Å². The largest absolute Gasteiger partial charge is 0.496 e. The van der Waals surface area contributed by atoms with E-state index >= 15 is 0 Å². The fourth-order valence-corrected chi connectivity index (χ4v) is 2.20. The molecule has 0 saturated heterocycles. The fraction of sp³-hybridized carbons (Fsp3) is 0.200. The van der Waals surface area contributed by atoms with Crippen molar-refractivity contribution in [2.45, 2.75) is 0 Å². The average molecular weight is 358 g/mol. The van der Waals surface area contributed by atoms with Gasteiger partial charge in [-0.15, -0.1) is 24.8 Å². The first-order valence-electron chi connectivity index (χ1n) is 6.37. The first-order chi connectivity index (χ1) is 10.3. The number of H-pyrrole nitrogens is 1. The van der Waals surface area contributed by atoms with Crippen LogP contribution in [0.1, 0.15) is 0 Å². The van der Waals surface area contributed by atoms with Crippen molar-refractivity contribution in [1.29, 1.82) is 0 Å². The summed E-state index contributed by atoms with van der Waals surface area (Å²) in [6.45, 7) is 0. The smallest absolute Gasteiger partial charge is 0.164 e. The van der Waals surface area contributed by atoms with E-state index in [1.54, 1.807) is 39.8 Å². The van der Waals surface area contributed by atoms with Crippen molar-refractivity contribution in [3.8, 4) is 28.6 Å². The minimum absolute atomic E-state index is 0. The molecule has 0 spiro atoms. The number of imidazole rings is 1. The molecule has 3 rings (SSSR count). The van der Waals surface area contributed by atoms with Crippen molar-refractivity contribution in [3.63, 3.8) is 0 Å². The highest BCUT2D eigenvalue weighted by Crippen LogP contribution is 2.39. The highest BCUT2D eigenvalue weighted by atomic mass is 35.5. The molecule has 2 heterocycles. The Labute approximate surface area is 146 Å². The van der Waals surface area contributed by atoms with Gasteiger partial charge in [0.15, 0.2) is 11.5 Å². The van der Waals surface area contributed by atoms with Crippen LogP contribution in [0.4, 0.5) is 0 Å². The third-order valence-corrected chi connectivity index (χ3v) is 3.24. The number of nitrogens with one attached hydrogen (secondary N) is 1. The van der Waals surface area contributed by atoms with Crippen molar-refractivity contribution < 1.29 is 14.2 Å². The van der Waals surface area contributed by atoms with Crippen LogP contribution >= 0.6 is 24.8 Å². The molecule has 0 fully saturated rings. The number of pyridine rings is 1. The maximum Gasteiger partial charge on any atom is 0.164 e. The van der Waals surface area contributed by atoms with Gasteiger partial charge in [-0.25, -0.2) is 4.98 Å². The predicted molar refractivity (Wildman–Crippen MR) is 93.5 cm³/mol. The van der Waals surface area contributed by atoms with E-state index in [1.807, 2.05) is 12.1 Å². The van der Waals surface area contributed by atoms with Gasteiger partial charge in [0.2, 0.25) is 0 Å². The predicted octanol–water partition coefficient (Wildman–Crippen LogP) is 3.49. The number of methoxy groups -OCH3 is 3. The lowest BCUT2D eigenvalue weighted by Gasteiger charge is -2.12. The van der Waals surface area contributed by atoms with Gasteiger partial charge in [0.1, 0.15) is 11.6 Å². The highest BCUT2D eigenvalue weighted by Gasteiger charge is 2.16. The molecule has 0 unspecified atom stereocenters. The molecule has 124 valence electrons. The Balaban J connectivity index is 0.00000132. The molecule has 1 N–H and O–H groups in total. The molecule has 0 bridgehead atoms. The monoisotopic (exact) mass is 357 g/mol. The molecule has 3 aromatic rings. The summed E-state index contributed by atoms with van der Waals surface area (Å²) >= 11 is 0. The van der Waals surface area contributed by atoms with E-state index < -0.39 is 0 Å². The summed E-state index contributed by atoms with van der Waals surface area (Å²) in [6, 6.07) is 5.46. The van der Waals surface area contributed by atoms with Gasteiger partial charge in [0.05, 0.1) is 44.1 Å². The molecule has 0 amide bonds. The maximum atomic E-state index is 5.43. The highest BCUT2D eigenvalue weighted by molar-refractivity contribution is 5.85. The van der Waals surface area contributed by atoms with Crippen molar-refractivity contribution in [3.05, 3.63) is 30.6 Å². The van der Waals surface area contributed by atoms with E-state index in [2.05, 4.69) is 15.0 Å². The molecule has 0 aliphatic heterocycles. The van der Waals surface area contributed by atoms with Crippen molar-refractivity contribution in [1.82, 2.24) is 15.0 Å². The molecule has 2 aromatic heterocycles. The summed E-state index contributed by atoms with van der Waals surface area (Å²) in [5, 5.41) is 0. The van der Waals surface area contributed by atoms with Crippen molar-refractivity contribution in [2.75, 3.05) is 21.3 Å². The Morgan fingerprint density at radius 3 is 2.17 bits per heavy atom. The molecular formula is C15H17Cl2N3O3. The maximum absolute atomic E-state index is 5.43. The van der Waals surface area contributed by atoms with E-state index in [4.69, 9.17) is 14.2 Å².